The molecule has 0 aliphatic carbocycles. The molecule has 5 nitrogen and oxygen atoms in total. The van der Waals surface area contributed by atoms with Crippen LogP contribution >= 0.6 is 11.6 Å². The molecule has 0 amide bonds. The number of H-pyrrole nitrogens is 1. The number of halogens is 1. The number of nitrogens with zero attached hydrogens (tertiary/aromatic N) is 2. The smallest absolute Gasteiger partial charge is 0.151 e. The molecular weight excluding hydrogens is 214 g/mol. The van der Waals surface area contributed by atoms with Crippen LogP contribution in [0, 0.1) is 0 Å². The molecule has 0 saturated heterocycles. The lowest BCUT2D eigenvalue weighted by Gasteiger charge is -2.06. The Morgan fingerprint density at radius 2 is 2.33 bits per heavy atom. The van der Waals surface area contributed by atoms with Crippen molar-refractivity contribution in [2.45, 2.75) is 6.54 Å². The van der Waals surface area contributed by atoms with Crippen LogP contribution in [0.2, 0.25) is 5.15 Å². The van der Waals surface area contributed by atoms with Gasteiger partial charge in [-0.05, 0) is 12.1 Å². The van der Waals surface area contributed by atoms with Gasteiger partial charge in [0.1, 0.15) is 5.15 Å². The lowest BCUT2D eigenvalue weighted by atomic mass is 10.3. The average molecular weight is 224 g/mol. The Morgan fingerprint density at radius 1 is 1.47 bits per heavy atom. The summed E-state index contributed by atoms with van der Waals surface area (Å²) in [5.41, 5.74) is 7.32. The number of hydrogen-bond donors (Lipinski definition) is 3. The van der Waals surface area contributed by atoms with Crippen molar-refractivity contribution in [3.63, 3.8) is 0 Å². The van der Waals surface area contributed by atoms with Crippen molar-refractivity contribution in [1.29, 1.82) is 0 Å². The molecule has 0 aliphatic rings. The van der Waals surface area contributed by atoms with Gasteiger partial charge in [-0.15, -0.1) is 0 Å². The van der Waals surface area contributed by atoms with Crippen molar-refractivity contribution in [3.05, 3.63) is 35.2 Å². The number of hydrogen-bond acceptors (Lipinski definition) is 4. The van der Waals surface area contributed by atoms with E-state index in [1.54, 1.807) is 24.5 Å². The molecule has 0 fully saturated rings. The van der Waals surface area contributed by atoms with E-state index in [0.29, 0.717) is 23.2 Å². The zero-order chi connectivity index (χ0) is 10.7. The molecule has 2 aromatic heterocycles. The molecule has 2 aromatic rings. The first kappa shape index (κ1) is 9.79. The Kier molecular flexibility index (Phi) is 2.73. The topological polar surface area (TPSA) is 79.6 Å². The highest BCUT2D eigenvalue weighted by Crippen LogP contribution is 2.18. The van der Waals surface area contributed by atoms with Crippen molar-refractivity contribution in [3.8, 4) is 0 Å². The molecule has 4 N–H and O–H groups in total. The second-order valence-electron chi connectivity index (χ2n) is 3.03. The van der Waals surface area contributed by atoms with Gasteiger partial charge >= 0.3 is 0 Å². The third kappa shape index (κ3) is 2.38. The standard InChI is InChI=1S/C9H10ClN5/c10-8-2-1-7(11)9(15-8)12-3-6-4-13-14-5-6/h1-2,4-5H,3,11H2,(H,12,15)(H,13,14). The van der Waals surface area contributed by atoms with Gasteiger partial charge in [-0.1, -0.05) is 11.6 Å². The maximum Gasteiger partial charge on any atom is 0.151 e. The normalized spacial score (nSPS) is 10.2. The second-order valence-corrected chi connectivity index (χ2v) is 3.42. The van der Waals surface area contributed by atoms with E-state index in [2.05, 4.69) is 20.5 Å². The molecule has 0 aromatic carbocycles. The third-order valence-electron chi connectivity index (χ3n) is 1.91. The maximum atomic E-state index is 5.75. The Morgan fingerprint density at radius 3 is 3.07 bits per heavy atom. The van der Waals surface area contributed by atoms with Crippen molar-refractivity contribution in [1.82, 2.24) is 15.2 Å². The van der Waals surface area contributed by atoms with Crippen molar-refractivity contribution in [2.24, 2.45) is 0 Å². The van der Waals surface area contributed by atoms with Gasteiger partial charge in [0.05, 0.1) is 11.9 Å². The summed E-state index contributed by atoms with van der Waals surface area (Å²) >= 11 is 5.75. The highest BCUT2D eigenvalue weighted by Gasteiger charge is 2.01. The van der Waals surface area contributed by atoms with Crippen LogP contribution in [0.15, 0.2) is 24.5 Å². The van der Waals surface area contributed by atoms with E-state index >= 15 is 0 Å². The van der Waals surface area contributed by atoms with Gasteiger partial charge in [-0.25, -0.2) is 4.98 Å². The fraction of sp³-hybridized carbons (Fsp3) is 0.111. The van der Waals surface area contributed by atoms with E-state index in [4.69, 9.17) is 17.3 Å². The fourth-order valence-electron chi connectivity index (χ4n) is 1.15. The molecule has 0 bridgehead atoms. The number of rotatable bonds is 3. The van der Waals surface area contributed by atoms with Gasteiger partial charge in [-0.3, -0.25) is 5.10 Å². The Bertz CT molecular complexity index is 440. The molecule has 78 valence electrons. The first-order valence-corrected chi connectivity index (χ1v) is 4.77. The lowest BCUT2D eigenvalue weighted by Crippen LogP contribution is -2.03. The highest BCUT2D eigenvalue weighted by atomic mass is 35.5. The SMILES string of the molecule is Nc1ccc(Cl)nc1NCc1cn[nH]c1. The van der Waals surface area contributed by atoms with Crippen LogP contribution in [0.1, 0.15) is 5.56 Å². The Hall–Kier alpha value is -1.75. The number of pyridine rings is 1. The van der Waals surface area contributed by atoms with E-state index in [9.17, 15) is 0 Å². The van der Waals surface area contributed by atoms with Crippen LogP contribution < -0.4 is 11.1 Å². The van der Waals surface area contributed by atoms with Gasteiger partial charge in [0.15, 0.2) is 5.82 Å². The van der Waals surface area contributed by atoms with Gasteiger partial charge in [0, 0.05) is 18.3 Å². The molecule has 0 aliphatic heterocycles. The number of aromatic amines is 1. The van der Waals surface area contributed by atoms with Gasteiger partial charge in [-0.2, -0.15) is 5.10 Å². The highest BCUT2D eigenvalue weighted by molar-refractivity contribution is 6.29. The van der Waals surface area contributed by atoms with E-state index in [1.807, 2.05) is 0 Å². The lowest BCUT2D eigenvalue weighted by molar-refractivity contribution is 1.09. The predicted octanol–water partition coefficient (Wildman–Crippen LogP) is 1.65. The van der Waals surface area contributed by atoms with Crippen LogP contribution in [0.25, 0.3) is 0 Å². The number of nitrogen functional groups attached to an aromatic ring is 1. The maximum absolute atomic E-state index is 5.75. The van der Waals surface area contributed by atoms with Crippen LogP contribution in [0.4, 0.5) is 11.5 Å². The summed E-state index contributed by atoms with van der Waals surface area (Å²) in [7, 11) is 0. The monoisotopic (exact) mass is 223 g/mol. The molecule has 0 unspecified atom stereocenters. The van der Waals surface area contributed by atoms with E-state index in [-0.39, 0.29) is 0 Å². The van der Waals surface area contributed by atoms with E-state index in [1.165, 1.54) is 0 Å². The molecule has 0 radical (unpaired) electrons. The summed E-state index contributed by atoms with van der Waals surface area (Å²) in [5, 5.41) is 10.0. The van der Waals surface area contributed by atoms with Gasteiger partial charge in [0.2, 0.25) is 0 Å². The largest absolute Gasteiger partial charge is 0.396 e. The van der Waals surface area contributed by atoms with Crippen molar-refractivity contribution >= 4 is 23.1 Å². The summed E-state index contributed by atoms with van der Waals surface area (Å²) in [5.74, 6) is 0.587. The molecule has 0 spiro atoms. The molecule has 0 saturated carbocycles. The van der Waals surface area contributed by atoms with Crippen LogP contribution in [0.5, 0.6) is 0 Å². The minimum Gasteiger partial charge on any atom is -0.396 e. The third-order valence-corrected chi connectivity index (χ3v) is 2.12. The molecular formula is C9H10ClN5. The minimum absolute atomic E-state index is 0.416. The second kappa shape index (κ2) is 4.18. The number of nitrogens with two attached hydrogens (primary N) is 1. The molecule has 6 heteroatoms. The summed E-state index contributed by atoms with van der Waals surface area (Å²) < 4.78 is 0. The van der Waals surface area contributed by atoms with Crippen LogP contribution in [-0.2, 0) is 6.54 Å². The zero-order valence-electron chi connectivity index (χ0n) is 7.87. The molecule has 15 heavy (non-hydrogen) atoms. The molecule has 2 heterocycles. The summed E-state index contributed by atoms with van der Waals surface area (Å²) in [6.45, 7) is 0.605. The van der Waals surface area contributed by atoms with Gasteiger partial charge < -0.3 is 11.1 Å². The quantitative estimate of drug-likeness (QED) is 0.692. The zero-order valence-corrected chi connectivity index (χ0v) is 8.62. The number of anilines is 2. The molecule has 0 atom stereocenters. The van der Waals surface area contributed by atoms with Crippen molar-refractivity contribution in [2.75, 3.05) is 11.1 Å². The van der Waals surface area contributed by atoms with Gasteiger partial charge in [0.25, 0.3) is 0 Å². The van der Waals surface area contributed by atoms with Crippen molar-refractivity contribution < 1.29 is 0 Å². The Labute approximate surface area is 91.7 Å². The average Bonchev–Trinajstić information content (AvgIpc) is 2.72. The van der Waals surface area contributed by atoms with E-state index in [0.717, 1.165) is 5.56 Å². The first-order chi connectivity index (χ1) is 7.25. The molecule has 2 rings (SSSR count). The summed E-state index contributed by atoms with van der Waals surface area (Å²) in [6.07, 6.45) is 3.53. The van der Waals surface area contributed by atoms with Crippen LogP contribution in [-0.4, -0.2) is 15.2 Å². The Balaban J connectivity index is 2.07. The fourth-order valence-corrected chi connectivity index (χ4v) is 1.30. The number of aromatic nitrogens is 3. The number of nitrogens with one attached hydrogen (secondary N) is 2. The predicted molar refractivity (Wildman–Crippen MR) is 59.6 cm³/mol. The first-order valence-electron chi connectivity index (χ1n) is 4.39. The minimum atomic E-state index is 0.416. The van der Waals surface area contributed by atoms with E-state index < -0.39 is 0 Å². The van der Waals surface area contributed by atoms with Crippen LogP contribution in [0.3, 0.4) is 0 Å². The summed E-state index contributed by atoms with van der Waals surface area (Å²) in [6, 6.07) is 3.37. The summed E-state index contributed by atoms with van der Waals surface area (Å²) in [4.78, 5) is 4.07.